The van der Waals surface area contributed by atoms with Crippen molar-refractivity contribution in [3.05, 3.63) is 0 Å². The average molecular weight is 337 g/mol. The molecule has 1 unspecified atom stereocenters. The van der Waals surface area contributed by atoms with E-state index in [0.717, 1.165) is 0 Å². The van der Waals surface area contributed by atoms with Crippen LogP contribution >= 0.6 is 23.4 Å². The Morgan fingerprint density at radius 1 is 1.43 bits per heavy atom. The first kappa shape index (κ1) is 16.4. The summed E-state index contributed by atoms with van der Waals surface area (Å²) in [4.78, 5) is 37.4. The van der Waals surface area contributed by atoms with Crippen molar-refractivity contribution >= 4 is 41.1 Å². The van der Waals surface area contributed by atoms with Crippen molar-refractivity contribution in [2.24, 2.45) is 0 Å². The van der Waals surface area contributed by atoms with Gasteiger partial charge in [-0.1, -0.05) is 0 Å². The van der Waals surface area contributed by atoms with Crippen LogP contribution in [0.3, 0.4) is 0 Å². The zero-order chi connectivity index (χ0) is 16.0. The second-order valence-electron chi connectivity index (χ2n) is 5.33. The molecule has 9 heteroatoms. The smallest absolute Gasteiger partial charge is 0.330 e. The van der Waals surface area contributed by atoms with Crippen molar-refractivity contribution in [3.8, 4) is 0 Å². The Hall–Kier alpha value is -0.990. The van der Waals surface area contributed by atoms with E-state index in [1.165, 1.54) is 30.9 Å². The summed E-state index contributed by atoms with van der Waals surface area (Å²) >= 11 is 6.85. The number of methoxy groups -OCH3 is 2. The maximum absolute atomic E-state index is 12.5. The fourth-order valence-corrected chi connectivity index (χ4v) is 4.45. The monoisotopic (exact) mass is 336 g/mol. The number of carbonyl (C=O) groups is 3. The predicted molar refractivity (Wildman–Crippen MR) is 76.7 cm³/mol. The number of nitrogens with zero attached hydrogens (tertiary/aromatic N) is 1. The van der Waals surface area contributed by atoms with Crippen LogP contribution in [0.4, 0.5) is 0 Å². The maximum Gasteiger partial charge on any atom is 0.330 e. The van der Waals surface area contributed by atoms with Crippen LogP contribution in [0.25, 0.3) is 0 Å². The average Bonchev–Trinajstić information content (AvgIpc) is 2.72. The van der Waals surface area contributed by atoms with Crippen LogP contribution in [0, 0.1) is 0 Å². The third-order valence-electron chi connectivity index (χ3n) is 3.70. The molecule has 1 N–H and O–H groups in total. The minimum absolute atomic E-state index is 0.278. The van der Waals surface area contributed by atoms with Gasteiger partial charge in [-0.05, 0) is 13.8 Å². The minimum Gasteiger partial charge on any atom is -0.467 e. The molecule has 2 amide bonds. The summed E-state index contributed by atoms with van der Waals surface area (Å²) in [6, 6.07) is -0.721. The van der Waals surface area contributed by atoms with Gasteiger partial charge in [-0.25, -0.2) is 4.79 Å². The number of amides is 2. The molecule has 0 saturated carbocycles. The molecular weight excluding hydrogens is 320 g/mol. The number of fused-ring (bicyclic) bond motifs is 1. The lowest BCUT2D eigenvalue weighted by Gasteiger charge is -2.51. The Bertz CT molecular complexity index is 500. The molecule has 0 aromatic heterocycles. The van der Waals surface area contributed by atoms with Crippen LogP contribution in [0.1, 0.15) is 13.8 Å². The molecule has 0 aromatic rings. The Kier molecular flexibility index (Phi) is 4.16. The summed E-state index contributed by atoms with van der Waals surface area (Å²) in [7, 11) is 2.61. The molecule has 2 aliphatic heterocycles. The molecule has 0 radical (unpaired) electrons. The van der Waals surface area contributed by atoms with Gasteiger partial charge in [0, 0.05) is 11.9 Å². The molecule has 118 valence electrons. The van der Waals surface area contributed by atoms with E-state index in [1.54, 1.807) is 0 Å². The fourth-order valence-electron chi connectivity index (χ4n) is 2.72. The molecule has 0 spiro atoms. The largest absolute Gasteiger partial charge is 0.467 e. The first-order valence-electron chi connectivity index (χ1n) is 6.25. The molecule has 2 heterocycles. The van der Waals surface area contributed by atoms with Crippen molar-refractivity contribution in [2.45, 2.75) is 35.7 Å². The van der Waals surface area contributed by atoms with Gasteiger partial charge in [0.05, 0.1) is 7.11 Å². The molecule has 2 aliphatic rings. The third kappa shape index (κ3) is 2.20. The number of hydrogen-bond donors (Lipinski definition) is 1. The lowest BCUT2D eigenvalue weighted by Crippen LogP contribution is -2.80. The maximum atomic E-state index is 12.5. The van der Waals surface area contributed by atoms with Gasteiger partial charge in [0.15, 0.2) is 0 Å². The zero-order valence-corrected chi connectivity index (χ0v) is 13.7. The van der Waals surface area contributed by atoms with Crippen molar-refractivity contribution in [2.75, 3.05) is 20.1 Å². The lowest BCUT2D eigenvalue weighted by molar-refractivity contribution is -0.201. The highest BCUT2D eigenvalue weighted by Gasteiger charge is 2.73. The zero-order valence-electron chi connectivity index (χ0n) is 12.1. The number of ether oxygens (including phenoxy) is 2. The van der Waals surface area contributed by atoms with Crippen molar-refractivity contribution in [1.29, 1.82) is 0 Å². The highest BCUT2D eigenvalue weighted by molar-refractivity contribution is 8.01. The normalized spacial score (nSPS) is 33.2. The first-order valence-corrected chi connectivity index (χ1v) is 7.67. The standard InChI is InChI=1S/C12H17ClN2O5S/c1-11(2)7(8(17)19-3)15-9(18)12(20-4,10(15)21-11)14-6(16)5-13/h7,10H,5H2,1-4H3,(H,14,16)/t7?,10-,12+/m1/s1. The van der Waals surface area contributed by atoms with Gasteiger partial charge in [-0.3, -0.25) is 9.59 Å². The summed E-state index contributed by atoms with van der Waals surface area (Å²) in [6.45, 7) is 3.68. The van der Waals surface area contributed by atoms with Gasteiger partial charge in [0.1, 0.15) is 17.3 Å². The van der Waals surface area contributed by atoms with Crippen molar-refractivity contribution in [3.63, 3.8) is 0 Å². The Morgan fingerprint density at radius 3 is 2.52 bits per heavy atom. The van der Waals surface area contributed by atoms with Crippen LogP contribution in [0.15, 0.2) is 0 Å². The van der Waals surface area contributed by atoms with E-state index in [4.69, 9.17) is 21.1 Å². The highest BCUT2D eigenvalue weighted by Crippen LogP contribution is 2.55. The number of β-lactam (4-membered cyclic amide) rings is 1. The minimum atomic E-state index is -1.48. The molecule has 0 aromatic carbocycles. The van der Waals surface area contributed by atoms with E-state index in [0.29, 0.717) is 0 Å². The van der Waals surface area contributed by atoms with E-state index in [1.807, 2.05) is 13.8 Å². The Balaban J connectivity index is 2.33. The number of rotatable bonds is 4. The van der Waals surface area contributed by atoms with Crippen LogP contribution in [0.2, 0.25) is 0 Å². The number of hydrogen-bond acceptors (Lipinski definition) is 6. The highest BCUT2D eigenvalue weighted by atomic mass is 35.5. The van der Waals surface area contributed by atoms with Gasteiger partial charge < -0.3 is 19.7 Å². The second kappa shape index (κ2) is 5.33. The summed E-state index contributed by atoms with van der Waals surface area (Å²) in [5.74, 6) is -1.75. The Morgan fingerprint density at radius 2 is 2.05 bits per heavy atom. The fraction of sp³-hybridized carbons (Fsp3) is 0.750. The van der Waals surface area contributed by atoms with E-state index >= 15 is 0 Å². The number of nitrogens with one attached hydrogen (secondary N) is 1. The number of halogens is 1. The predicted octanol–water partition coefficient (Wildman–Crippen LogP) is -0.0806. The van der Waals surface area contributed by atoms with Gasteiger partial charge in [-0.15, -0.1) is 23.4 Å². The summed E-state index contributed by atoms with van der Waals surface area (Å²) in [5, 5.41) is 2.01. The quantitative estimate of drug-likeness (QED) is 0.334. The Labute approximate surface area is 131 Å². The number of thioether (sulfide) groups is 1. The third-order valence-corrected chi connectivity index (χ3v) is 5.55. The number of alkyl halides is 1. The van der Waals surface area contributed by atoms with Crippen LogP contribution in [0.5, 0.6) is 0 Å². The van der Waals surface area contributed by atoms with Gasteiger partial charge in [-0.2, -0.15) is 0 Å². The van der Waals surface area contributed by atoms with Crippen molar-refractivity contribution < 1.29 is 23.9 Å². The molecular formula is C12H17ClN2O5S. The second-order valence-corrected chi connectivity index (χ2v) is 7.34. The number of esters is 1. The molecule has 2 rings (SSSR count). The van der Waals surface area contributed by atoms with Gasteiger partial charge >= 0.3 is 5.97 Å². The summed E-state index contributed by atoms with van der Waals surface area (Å²) < 4.78 is 9.50. The van der Waals surface area contributed by atoms with Crippen LogP contribution < -0.4 is 5.32 Å². The summed E-state index contributed by atoms with van der Waals surface area (Å²) in [5.41, 5.74) is -1.48. The van der Waals surface area contributed by atoms with Crippen molar-refractivity contribution in [1.82, 2.24) is 10.2 Å². The van der Waals surface area contributed by atoms with Gasteiger partial charge in [0.25, 0.3) is 11.6 Å². The molecule has 7 nitrogen and oxygen atoms in total. The van der Waals surface area contributed by atoms with E-state index in [2.05, 4.69) is 5.32 Å². The molecule has 0 aliphatic carbocycles. The molecule has 0 bridgehead atoms. The molecule has 21 heavy (non-hydrogen) atoms. The lowest BCUT2D eigenvalue weighted by atomic mass is 9.93. The van der Waals surface area contributed by atoms with Crippen LogP contribution in [-0.4, -0.2) is 64.7 Å². The molecule has 2 saturated heterocycles. The first-order chi connectivity index (χ1) is 9.75. The topological polar surface area (TPSA) is 84.9 Å². The molecule has 3 atom stereocenters. The van der Waals surface area contributed by atoms with Crippen LogP contribution in [-0.2, 0) is 23.9 Å². The van der Waals surface area contributed by atoms with E-state index in [-0.39, 0.29) is 5.88 Å². The van der Waals surface area contributed by atoms with Gasteiger partial charge in [0.2, 0.25) is 5.91 Å². The number of carbonyl (C=O) groups excluding carboxylic acids is 3. The molecule has 2 fully saturated rings. The van der Waals surface area contributed by atoms with E-state index < -0.39 is 39.7 Å². The SMILES string of the molecule is COC(=O)C1N2C(=O)[C@](NC(=O)CCl)(OC)[C@H]2SC1(C)C. The van der Waals surface area contributed by atoms with E-state index in [9.17, 15) is 14.4 Å². The summed E-state index contributed by atoms with van der Waals surface area (Å²) in [6.07, 6.45) is 0.